The lowest BCUT2D eigenvalue weighted by Gasteiger charge is -2.26. The van der Waals surface area contributed by atoms with Crippen LogP contribution in [0.15, 0.2) is 18.2 Å². The summed E-state index contributed by atoms with van der Waals surface area (Å²) in [5.41, 5.74) is 0.813. The quantitative estimate of drug-likeness (QED) is 0.682. The van der Waals surface area contributed by atoms with E-state index in [0.717, 1.165) is 55.3 Å². The number of nitrogens with one attached hydrogen (secondary N) is 1. The molecule has 0 aromatic heterocycles. The van der Waals surface area contributed by atoms with Crippen LogP contribution >= 0.6 is 23.8 Å². The first kappa shape index (κ1) is 18.1. The van der Waals surface area contributed by atoms with Crippen molar-refractivity contribution >= 4 is 34.6 Å². The summed E-state index contributed by atoms with van der Waals surface area (Å²) in [4.78, 5) is 2.22. The van der Waals surface area contributed by atoms with Crippen molar-refractivity contribution in [1.29, 1.82) is 0 Å². The van der Waals surface area contributed by atoms with E-state index in [0.29, 0.717) is 5.02 Å². The molecule has 0 aliphatic rings. The normalized spacial score (nSPS) is 10.3. The summed E-state index contributed by atoms with van der Waals surface area (Å²) in [6, 6.07) is 5.49. The molecule has 0 amide bonds. The molecule has 0 bridgehead atoms. The molecule has 0 fully saturated rings. The standard InChI is InChI=1S/C16H25ClN2OS/c1-4-6-10-19(11-7-5-2)16(21)18-14-12-13(17)8-9-15(14)20-3/h8-9,12H,4-7,10-11H2,1-3H3,(H,18,21). The van der Waals surface area contributed by atoms with E-state index in [9.17, 15) is 0 Å². The van der Waals surface area contributed by atoms with E-state index in [1.807, 2.05) is 12.1 Å². The molecule has 1 N–H and O–H groups in total. The maximum Gasteiger partial charge on any atom is 0.173 e. The zero-order valence-corrected chi connectivity index (χ0v) is 14.7. The number of hydrogen-bond donors (Lipinski definition) is 1. The number of methoxy groups -OCH3 is 1. The van der Waals surface area contributed by atoms with E-state index >= 15 is 0 Å². The number of benzene rings is 1. The molecule has 3 nitrogen and oxygen atoms in total. The molecule has 0 saturated carbocycles. The van der Waals surface area contributed by atoms with Crippen LogP contribution in [0.5, 0.6) is 5.75 Å². The fourth-order valence-corrected chi connectivity index (χ4v) is 2.45. The zero-order valence-electron chi connectivity index (χ0n) is 13.1. The van der Waals surface area contributed by atoms with Gasteiger partial charge in [-0.3, -0.25) is 0 Å². The molecule has 118 valence electrons. The lowest BCUT2D eigenvalue weighted by Crippen LogP contribution is -2.36. The Balaban J connectivity index is 2.77. The minimum Gasteiger partial charge on any atom is -0.495 e. The smallest absolute Gasteiger partial charge is 0.173 e. The van der Waals surface area contributed by atoms with Crippen LogP contribution in [0.25, 0.3) is 0 Å². The Labute approximate surface area is 138 Å². The lowest BCUT2D eigenvalue weighted by molar-refractivity contribution is 0.402. The highest BCUT2D eigenvalue weighted by molar-refractivity contribution is 7.80. The number of unbranched alkanes of at least 4 members (excludes halogenated alkanes) is 2. The van der Waals surface area contributed by atoms with Crippen LogP contribution in [0.4, 0.5) is 5.69 Å². The number of rotatable bonds is 8. The van der Waals surface area contributed by atoms with Crippen molar-refractivity contribution in [2.45, 2.75) is 39.5 Å². The van der Waals surface area contributed by atoms with Gasteiger partial charge in [0, 0.05) is 18.1 Å². The number of halogens is 1. The largest absolute Gasteiger partial charge is 0.495 e. The third kappa shape index (κ3) is 6.10. The van der Waals surface area contributed by atoms with Gasteiger partial charge in [0.2, 0.25) is 0 Å². The van der Waals surface area contributed by atoms with E-state index in [1.165, 1.54) is 0 Å². The topological polar surface area (TPSA) is 24.5 Å². The van der Waals surface area contributed by atoms with Gasteiger partial charge >= 0.3 is 0 Å². The van der Waals surface area contributed by atoms with Crippen molar-refractivity contribution in [3.05, 3.63) is 23.2 Å². The number of anilines is 1. The minimum absolute atomic E-state index is 0.662. The van der Waals surface area contributed by atoms with Crippen LogP contribution in [0.3, 0.4) is 0 Å². The van der Waals surface area contributed by atoms with Gasteiger partial charge in [-0.05, 0) is 43.3 Å². The summed E-state index contributed by atoms with van der Waals surface area (Å²) >= 11 is 11.6. The van der Waals surface area contributed by atoms with Crippen molar-refractivity contribution in [3.8, 4) is 5.75 Å². The summed E-state index contributed by atoms with van der Waals surface area (Å²) in [7, 11) is 1.64. The third-order valence-electron chi connectivity index (χ3n) is 3.25. The van der Waals surface area contributed by atoms with Gasteiger partial charge in [-0.1, -0.05) is 38.3 Å². The van der Waals surface area contributed by atoms with Gasteiger partial charge in [-0.15, -0.1) is 0 Å². The highest BCUT2D eigenvalue weighted by atomic mass is 35.5. The van der Waals surface area contributed by atoms with E-state index in [-0.39, 0.29) is 0 Å². The van der Waals surface area contributed by atoms with E-state index < -0.39 is 0 Å². The number of ether oxygens (including phenoxy) is 1. The predicted molar refractivity (Wildman–Crippen MR) is 95.6 cm³/mol. The first-order valence-electron chi connectivity index (χ1n) is 7.51. The molecule has 1 aromatic rings. The number of hydrogen-bond acceptors (Lipinski definition) is 2. The van der Waals surface area contributed by atoms with Gasteiger partial charge in [0.25, 0.3) is 0 Å². The van der Waals surface area contributed by atoms with Crippen molar-refractivity contribution in [2.24, 2.45) is 0 Å². The Morgan fingerprint density at radius 3 is 2.38 bits per heavy atom. The molecule has 0 spiro atoms. The third-order valence-corrected chi connectivity index (χ3v) is 3.85. The minimum atomic E-state index is 0.662. The summed E-state index contributed by atoms with van der Waals surface area (Å²) in [5.74, 6) is 0.743. The second-order valence-corrected chi connectivity index (χ2v) is 5.79. The fourth-order valence-electron chi connectivity index (χ4n) is 1.98. The molecule has 0 heterocycles. The summed E-state index contributed by atoms with van der Waals surface area (Å²) in [6.45, 7) is 6.33. The Hall–Kier alpha value is -1.00. The van der Waals surface area contributed by atoms with Crippen molar-refractivity contribution < 1.29 is 4.74 Å². The second kappa shape index (κ2) is 9.85. The van der Waals surface area contributed by atoms with Crippen molar-refractivity contribution in [3.63, 3.8) is 0 Å². The molecular weight excluding hydrogens is 304 g/mol. The fraction of sp³-hybridized carbons (Fsp3) is 0.562. The molecule has 5 heteroatoms. The van der Waals surface area contributed by atoms with Crippen LogP contribution < -0.4 is 10.1 Å². The molecule has 0 atom stereocenters. The molecular formula is C16H25ClN2OS. The van der Waals surface area contributed by atoms with Gasteiger partial charge < -0.3 is 15.0 Å². The van der Waals surface area contributed by atoms with Gasteiger partial charge in [-0.25, -0.2) is 0 Å². The molecule has 21 heavy (non-hydrogen) atoms. The Morgan fingerprint density at radius 1 is 1.24 bits per heavy atom. The van der Waals surface area contributed by atoms with Gasteiger partial charge in [0.1, 0.15) is 5.75 Å². The highest BCUT2D eigenvalue weighted by Crippen LogP contribution is 2.28. The van der Waals surface area contributed by atoms with Crippen LogP contribution in [0.1, 0.15) is 39.5 Å². The average Bonchev–Trinajstić information content (AvgIpc) is 2.47. The van der Waals surface area contributed by atoms with Crippen molar-refractivity contribution in [2.75, 3.05) is 25.5 Å². The average molecular weight is 329 g/mol. The van der Waals surface area contributed by atoms with Gasteiger partial charge in [0.05, 0.1) is 12.8 Å². The number of thiocarbonyl (C=S) groups is 1. The SMILES string of the molecule is CCCCN(CCCC)C(=S)Nc1cc(Cl)ccc1OC. The summed E-state index contributed by atoms with van der Waals surface area (Å²) in [5, 5.41) is 4.66. The van der Waals surface area contributed by atoms with Crippen LogP contribution in [0.2, 0.25) is 5.02 Å². The zero-order chi connectivity index (χ0) is 15.7. The summed E-state index contributed by atoms with van der Waals surface area (Å²) in [6.07, 6.45) is 4.59. The Bertz CT molecular complexity index is 446. The van der Waals surface area contributed by atoms with Crippen LogP contribution in [0, 0.1) is 0 Å². The Morgan fingerprint density at radius 2 is 1.86 bits per heavy atom. The maximum absolute atomic E-state index is 6.05. The number of nitrogens with zero attached hydrogens (tertiary/aromatic N) is 1. The van der Waals surface area contributed by atoms with Crippen LogP contribution in [-0.2, 0) is 0 Å². The van der Waals surface area contributed by atoms with E-state index in [1.54, 1.807) is 13.2 Å². The van der Waals surface area contributed by atoms with Crippen molar-refractivity contribution in [1.82, 2.24) is 4.90 Å². The monoisotopic (exact) mass is 328 g/mol. The molecule has 0 aliphatic carbocycles. The highest BCUT2D eigenvalue weighted by Gasteiger charge is 2.11. The lowest BCUT2D eigenvalue weighted by atomic mass is 10.2. The molecule has 0 unspecified atom stereocenters. The molecule has 0 aliphatic heterocycles. The second-order valence-electron chi connectivity index (χ2n) is 4.97. The van der Waals surface area contributed by atoms with Gasteiger partial charge in [0.15, 0.2) is 5.11 Å². The molecule has 1 rings (SSSR count). The van der Waals surface area contributed by atoms with Gasteiger partial charge in [-0.2, -0.15) is 0 Å². The predicted octanol–water partition coefficient (Wildman–Crippen LogP) is 4.95. The van der Waals surface area contributed by atoms with Crippen LogP contribution in [-0.4, -0.2) is 30.2 Å². The summed E-state index contributed by atoms with van der Waals surface area (Å²) < 4.78 is 5.34. The maximum atomic E-state index is 6.05. The molecule has 0 saturated heterocycles. The molecule has 0 radical (unpaired) electrons. The molecule has 1 aromatic carbocycles. The first-order chi connectivity index (χ1) is 10.1. The Kier molecular flexibility index (Phi) is 8.47. The van der Waals surface area contributed by atoms with E-state index in [4.69, 9.17) is 28.6 Å². The van der Waals surface area contributed by atoms with E-state index in [2.05, 4.69) is 24.1 Å². The first-order valence-corrected chi connectivity index (χ1v) is 8.30.